The minimum absolute atomic E-state index is 0.207. The lowest BCUT2D eigenvalue weighted by Gasteiger charge is -2.11. The summed E-state index contributed by atoms with van der Waals surface area (Å²) in [6, 6.07) is 16.9. The highest BCUT2D eigenvalue weighted by Crippen LogP contribution is 2.37. The molecule has 0 radical (unpaired) electrons. The van der Waals surface area contributed by atoms with E-state index in [1.807, 2.05) is 19.1 Å². The first-order valence-corrected chi connectivity index (χ1v) is 10.9. The lowest BCUT2D eigenvalue weighted by atomic mass is 10.1. The van der Waals surface area contributed by atoms with Gasteiger partial charge in [-0.2, -0.15) is 0 Å². The summed E-state index contributed by atoms with van der Waals surface area (Å²) in [7, 11) is -2.14. The van der Waals surface area contributed by atoms with Gasteiger partial charge in [0.05, 0.1) is 24.1 Å². The van der Waals surface area contributed by atoms with Crippen molar-refractivity contribution in [1.29, 1.82) is 0 Å². The molecule has 0 bridgehead atoms. The summed E-state index contributed by atoms with van der Waals surface area (Å²) in [5.74, 6) is 0.956. The van der Waals surface area contributed by atoms with Crippen LogP contribution in [0.2, 0.25) is 0 Å². The lowest BCUT2D eigenvalue weighted by Crippen LogP contribution is -2.16. The summed E-state index contributed by atoms with van der Waals surface area (Å²) >= 11 is 0. The van der Waals surface area contributed by atoms with Gasteiger partial charge in [-0.25, -0.2) is 8.42 Å². The molecule has 0 atom stereocenters. The van der Waals surface area contributed by atoms with Crippen LogP contribution in [0.1, 0.15) is 21.5 Å². The molecule has 4 rings (SSSR count). The maximum absolute atomic E-state index is 12.7. The molecule has 2 N–H and O–H groups in total. The van der Waals surface area contributed by atoms with Crippen LogP contribution in [-0.4, -0.2) is 21.4 Å². The van der Waals surface area contributed by atoms with Crippen LogP contribution < -0.4 is 19.5 Å². The SMILES string of the molecule is COc1ccc(CS(=O)(=O)Nc2ccc3c(c2)C(=O)Nc2cc(C)ccc2O3)cc1. The fraction of sp³-hybridized carbons (Fsp3) is 0.136. The minimum Gasteiger partial charge on any atom is -0.497 e. The summed E-state index contributed by atoms with van der Waals surface area (Å²) in [6.07, 6.45) is 0. The number of benzene rings is 3. The number of sulfonamides is 1. The van der Waals surface area contributed by atoms with Crippen LogP contribution in [0.3, 0.4) is 0 Å². The van der Waals surface area contributed by atoms with Crippen molar-refractivity contribution in [2.75, 3.05) is 17.1 Å². The molecular weight excluding hydrogens is 404 g/mol. The molecule has 0 unspecified atom stereocenters. The van der Waals surface area contributed by atoms with Crippen molar-refractivity contribution in [3.05, 3.63) is 77.4 Å². The fourth-order valence-electron chi connectivity index (χ4n) is 3.16. The second-order valence-corrected chi connectivity index (χ2v) is 8.70. The number of hydrogen-bond acceptors (Lipinski definition) is 5. The smallest absolute Gasteiger partial charge is 0.259 e. The van der Waals surface area contributed by atoms with Crippen molar-refractivity contribution in [2.24, 2.45) is 0 Å². The van der Waals surface area contributed by atoms with E-state index < -0.39 is 10.0 Å². The first-order valence-electron chi connectivity index (χ1n) is 9.20. The molecular formula is C22H20N2O5S. The summed E-state index contributed by atoms with van der Waals surface area (Å²) in [6.45, 7) is 1.92. The molecule has 0 fully saturated rings. The highest BCUT2D eigenvalue weighted by molar-refractivity contribution is 7.91. The van der Waals surface area contributed by atoms with Gasteiger partial charge in [-0.15, -0.1) is 0 Å². The summed E-state index contributed by atoms with van der Waals surface area (Å²) in [5, 5.41) is 2.81. The van der Waals surface area contributed by atoms with Gasteiger partial charge in [-0.3, -0.25) is 9.52 Å². The van der Waals surface area contributed by atoms with Crippen molar-refractivity contribution in [3.8, 4) is 17.2 Å². The summed E-state index contributed by atoms with van der Waals surface area (Å²) in [5.41, 5.74) is 2.69. The zero-order chi connectivity index (χ0) is 21.3. The van der Waals surface area contributed by atoms with E-state index in [1.165, 1.54) is 6.07 Å². The monoisotopic (exact) mass is 424 g/mol. The predicted molar refractivity (Wildman–Crippen MR) is 115 cm³/mol. The number of carbonyl (C=O) groups is 1. The first kappa shape index (κ1) is 19.8. The van der Waals surface area contributed by atoms with Crippen molar-refractivity contribution < 1.29 is 22.7 Å². The Morgan fingerprint density at radius 2 is 1.73 bits per heavy atom. The average molecular weight is 424 g/mol. The van der Waals surface area contributed by atoms with Gasteiger partial charge in [0.25, 0.3) is 5.91 Å². The van der Waals surface area contributed by atoms with Gasteiger partial charge in [0, 0.05) is 5.69 Å². The zero-order valence-corrected chi connectivity index (χ0v) is 17.2. The second kappa shape index (κ2) is 7.72. The molecule has 30 heavy (non-hydrogen) atoms. The van der Waals surface area contributed by atoms with Crippen molar-refractivity contribution >= 4 is 27.3 Å². The topological polar surface area (TPSA) is 93.7 Å². The molecule has 3 aromatic carbocycles. The van der Waals surface area contributed by atoms with E-state index in [2.05, 4.69) is 10.0 Å². The van der Waals surface area contributed by atoms with Crippen LogP contribution in [0.15, 0.2) is 60.7 Å². The molecule has 1 heterocycles. The van der Waals surface area contributed by atoms with E-state index in [-0.39, 0.29) is 22.9 Å². The van der Waals surface area contributed by atoms with Crippen molar-refractivity contribution in [1.82, 2.24) is 0 Å². The maximum atomic E-state index is 12.7. The van der Waals surface area contributed by atoms with E-state index in [4.69, 9.17) is 9.47 Å². The molecule has 1 aliphatic heterocycles. The van der Waals surface area contributed by atoms with Gasteiger partial charge in [0.15, 0.2) is 5.75 Å². The van der Waals surface area contributed by atoms with Crippen LogP contribution in [0.25, 0.3) is 0 Å². The van der Waals surface area contributed by atoms with E-state index >= 15 is 0 Å². The Balaban J connectivity index is 1.56. The Morgan fingerprint density at radius 1 is 1.00 bits per heavy atom. The van der Waals surface area contributed by atoms with E-state index in [0.29, 0.717) is 28.5 Å². The highest BCUT2D eigenvalue weighted by Gasteiger charge is 2.22. The van der Waals surface area contributed by atoms with Crippen LogP contribution in [0.5, 0.6) is 17.2 Å². The molecule has 8 heteroatoms. The number of anilines is 2. The largest absolute Gasteiger partial charge is 0.497 e. The summed E-state index contributed by atoms with van der Waals surface area (Å²) in [4.78, 5) is 12.7. The van der Waals surface area contributed by atoms with E-state index in [1.54, 1.807) is 49.6 Å². The average Bonchev–Trinajstić information content (AvgIpc) is 2.83. The molecule has 0 spiro atoms. The third kappa shape index (κ3) is 4.23. The van der Waals surface area contributed by atoms with Crippen molar-refractivity contribution in [2.45, 2.75) is 12.7 Å². The maximum Gasteiger partial charge on any atom is 0.259 e. The van der Waals surface area contributed by atoms with E-state index in [0.717, 1.165) is 5.56 Å². The summed E-state index contributed by atoms with van der Waals surface area (Å²) < 4.78 is 38.6. The molecule has 0 aromatic heterocycles. The third-order valence-electron chi connectivity index (χ3n) is 4.62. The molecule has 7 nitrogen and oxygen atoms in total. The van der Waals surface area contributed by atoms with Crippen LogP contribution in [-0.2, 0) is 15.8 Å². The van der Waals surface area contributed by atoms with Crippen LogP contribution >= 0.6 is 0 Å². The van der Waals surface area contributed by atoms with Crippen LogP contribution in [0, 0.1) is 6.92 Å². The Bertz CT molecular complexity index is 1220. The zero-order valence-electron chi connectivity index (χ0n) is 16.4. The number of aryl methyl sites for hydroxylation is 1. The Morgan fingerprint density at radius 3 is 2.47 bits per heavy atom. The number of amides is 1. The number of rotatable bonds is 5. The molecule has 0 saturated heterocycles. The Kier molecular flexibility index (Phi) is 5.09. The normalized spacial score (nSPS) is 12.7. The molecule has 154 valence electrons. The predicted octanol–water partition coefficient (Wildman–Crippen LogP) is 4.30. The Labute approximate surface area is 174 Å². The molecule has 0 aliphatic carbocycles. The number of nitrogens with one attached hydrogen (secondary N) is 2. The fourth-order valence-corrected chi connectivity index (χ4v) is 4.34. The van der Waals surface area contributed by atoms with Gasteiger partial charge < -0.3 is 14.8 Å². The quantitative estimate of drug-likeness (QED) is 0.637. The molecule has 1 aliphatic rings. The number of carbonyl (C=O) groups excluding carboxylic acids is 1. The highest BCUT2D eigenvalue weighted by atomic mass is 32.2. The van der Waals surface area contributed by atoms with Gasteiger partial charge >= 0.3 is 0 Å². The van der Waals surface area contributed by atoms with Gasteiger partial charge in [-0.1, -0.05) is 18.2 Å². The number of methoxy groups -OCH3 is 1. The molecule has 0 saturated carbocycles. The van der Waals surface area contributed by atoms with Crippen molar-refractivity contribution in [3.63, 3.8) is 0 Å². The van der Waals surface area contributed by atoms with Gasteiger partial charge in [0.1, 0.15) is 11.5 Å². The number of hydrogen-bond donors (Lipinski definition) is 2. The number of ether oxygens (including phenoxy) is 2. The van der Waals surface area contributed by atoms with Gasteiger partial charge in [0.2, 0.25) is 10.0 Å². The first-order chi connectivity index (χ1) is 14.3. The standard InChI is InChI=1S/C22H20N2O5S/c1-14-3-9-21-19(11-14)23-22(25)18-12-16(6-10-20(18)29-21)24-30(26,27)13-15-4-7-17(28-2)8-5-15/h3-12,24H,13H2,1-2H3,(H,23,25). The van der Waals surface area contributed by atoms with E-state index in [9.17, 15) is 13.2 Å². The molecule has 3 aromatic rings. The minimum atomic E-state index is -3.68. The number of fused-ring (bicyclic) bond motifs is 2. The Hall–Kier alpha value is -3.52. The van der Waals surface area contributed by atoms with Crippen LogP contribution in [0.4, 0.5) is 11.4 Å². The second-order valence-electron chi connectivity index (χ2n) is 6.98. The van der Waals surface area contributed by atoms with Gasteiger partial charge in [-0.05, 0) is 60.5 Å². The molecule has 1 amide bonds. The third-order valence-corrected chi connectivity index (χ3v) is 5.88. The lowest BCUT2D eigenvalue weighted by molar-refractivity contribution is 0.102.